The molecule has 1 aromatic carbocycles. The van der Waals surface area contributed by atoms with Crippen molar-refractivity contribution in [2.45, 2.75) is 18.9 Å². The third-order valence-electron chi connectivity index (χ3n) is 3.73. The number of aromatic nitrogens is 1. The maximum atomic E-state index is 11.2. The smallest absolute Gasteiger partial charge is 0.166 e. The fourth-order valence-electron chi connectivity index (χ4n) is 2.63. The van der Waals surface area contributed by atoms with Gasteiger partial charge in [-0.2, -0.15) is 5.26 Å². The number of carbonyl (C=O) groups excluding carboxylic acids is 1. The highest BCUT2D eigenvalue weighted by Gasteiger charge is 2.54. The third kappa shape index (κ3) is 1.18. The first-order chi connectivity index (χ1) is 8.23. The quantitative estimate of drug-likeness (QED) is 0.736. The summed E-state index contributed by atoms with van der Waals surface area (Å²) in [6.45, 7) is 2.05. The molecule has 1 aliphatic carbocycles. The molecule has 0 N–H and O–H groups in total. The molecule has 1 aromatic heterocycles. The van der Waals surface area contributed by atoms with E-state index in [0.717, 1.165) is 23.6 Å². The highest BCUT2D eigenvalue weighted by molar-refractivity contribution is 5.89. The molecule has 3 heteroatoms. The van der Waals surface area contributed by atoms with E-state index < -0.39 is 5.54 Å². The summed E-state index contributed by atoms with van der Waals surface area (Å²) in [4.78, 5) is 11.2. The first-order valence-electron chi connectivity index (χ1n) is 5.70. The molecular weight excluding hydrogens is 212 g/mol. The van der Waals surface area contributed by atoms with Crippen LogP contribution in [0.25, 0.3) is 10.9 Å². The summed E-state index contributed by atoms with van der Waals surface area (Å²) >= 11 is 0. The summed E-state index contributed by atoms with van der Waals surface area (Å²) in [6, 6.07) is 12.0. The molecule has 2 atom stereocenters. The average molecular weight is 224 g/mol. The molecule has 84 valence electrons. The van der Waals surface area contributed by atoms with Crippen molar-refractivity contribution in [3.8, 4) is 6.07 Å². The molecule has 0 aliphatic heterocycles. The lowest BCUT2D eigenvalue weighted by Crippen LogP contribution is -2.19. The van der Waals surface area contributed by atoms with Gasteiger partial charge in [-0.3, -0.25) is 4.79 Å². The van der Waals surface area contributed by atoms with Crippen LogP contribution in [0.5, 0.6) is 0 Å². The van der Waals surface area contributed by atoms with Crippen LogP contribution in [0.4, 0.5) is 0 Å². The summed E-state index contributed by atoms with van der Waals surface area (Å²) in [7, 11) is 0. The maximum Gasteiger partial charge on any atom is 0.166 e. The molecule has 1 heterocycles. The van der Waals surface area contributed by atoms with Gasteiger partial charge in [0.2, 0.25) is 0 Å². The minimum atomic E-state index is -0.515. The van der Waals surface area contributed by atoms with Crippen LogP contribution < -0.4 is 0 Å². The van der Waals surface area contributed by atoms with E-state index >= 15 is 0 Å². The van der Waals surface area contributed by atoms with Gasteiger partial charge in [0.25, 0.3) is 0 Å². The summed E-state index contributed by atoms with van der Waals surface area (Å²) in [5, 5.41) is 10.4. The first-order valence-corrected chi connectivity index (χ1v) is 5.70. The molecule has 1 saturated carbocycles. The van der Waals surface area contributed by atoms with Crippen LogP contribution in [-0.4, -0.2) is 10.9 Å². The Morgan fingerprint density at radius 3 is 2.82 bits per heavy atom. The molecule has 3 rings (SSSR count). The van der Waals surface area contributed by atoms with Crippen molar-refractivity contribution in [1.82, 2.24) is 4.57 Å². The molecule has 2 unspecified atom stereocenters. The fraction of sp³-hybridized carbons (Fsp3) is 0.286. The van der Waals surface area contributed by atoms with Crippen molar-refractivity contribution >= 4 is 17.2 Å². The van der Waals surface area contributed by atoms with Gasteiger partial charge in [-0.25, -0.2) is 0 Å². The van der Waals surface area contributed by atoms with Crippen LogP contribution in [0.3, 0.4) is 0 Å². The van der Waals surface area contributed by atoms with Crippen molar-refractivity contribution in [3.63, 3.8) is 0 Å². The fourth-order valence-corrected chi connectivity index (χ4v) is 2.63. The largest absolute Gasteiger partial charge is 0.319 e. The Bertz CT molecular complexity index is 650. The van der Waals surface area contributed by atoms with E-state index in [1.54, 1.807) is 0 Å². The van der Waals surface area contributed by atoms with Gasteiger partial charge in [0.05, 0.1) is 17.3 Å². The number of aldehydes is 1. The lowest BCUT2D eigenvalue weighted by molar-refractivity contribution is 0.111. The number of fused-ring (bicyclic) bond motifs is 1. The first kappa shape index (κ1) is 10.1. The van der Waals surface area contributed by atoms with Crippen molar-refractivity contribution in [2.75, 3.05) is 0 Å². The number of para-hydroxylation sites is 1. The predicted octanol–water partition coefficient (Wildman–Crippen LogP) is 2.71. The van der Waals surface area contributed by atoms with E-state index in [-0.39, 0.29) is 0 Å². The number of hydrogen-bond donors (Lipinski definition) is 0. The Labute approximate surface area is 99.3 Å². The topological polar surface area (TPSA) is 45.8 Å². The van der Waals surface area contributed by atoms with Crippen LogP contribution in [0.1, 0.15) is 23.8 Å². The van der Waals surface area contributed by atoms with E-state index in [1.807, 2.05) is 41.8 Å². The zero-order valence-corrected chi connectivity index (χ0v) is 9.55. The van der Waals surface area contributed by atoms with Gasteiger partial charge in [0, 0.05) is 5.39 Å². The molecule has 0 radical (unpaired) electrons. The molecule has 0 amide bonds. The second-order valence-electron chi connectivity index (χ2n) is 4.72. The minimum absolute atomic E-state index is 0.307. The predicted molar refractivity (Wildman–Crippen MR) is 64.7 cm³/mol. The normalized spacial score (nSPS) is 26.7. The van der Waals surface area contributed by atoms with Gasteiger partial charge in [-0.15, -0.1) is 0 Å². The lowest BCUT2D eigenvalue weighted by atomic mass is 10.2. The molecule has 3 nitrogen and oxygen atoms in total. The number of nitriles is 1. The maximum absolute atomic E-state index is 11.2. The molecule has 1 aliphatic rings. The average Bonchev–Trinajstić information content (AvgIpc) is 2.87. The van der Waals surface area contributed by atoms with Gasteiger partial charge in [-0.05, 0) is 24.5 Å². The molecule has 17 heavy (non-hydrogen) atoms. The van der Waals surface area contributed by atoms with E-state index in [2.05, 4.69) is 6.07 Å². The number of hydrogen-bond acceptors (Lipinski definition) is 2. The van der Waals surface area contributed by atoms with E-state index in [1.165, 1.54) is 0 Å². The number of benzene rings is 1. The summed E-state index contributed by atoms with van der Waals surface area (Å²) in [5.41, 5.74) is 1.05. The SMILES string of the molecule is CC1CC1(C#N)n1c(C=O)cc2ccccc21. The standard InChI is InChI=1S/C14H12N2O/c1-10-7-14(10,9-15)16-12(8-17)6-11-4-2-3-5-13(11)16/h2-6,8,10H,7H2,1H3. The van der Waals surface area contributed by atoms with Crippen molar-refractivity contribution in [1.29, 1.82) is 5.26 Å². The van der Waals surface area contributed by atoms with Gasteiger partial charge >= 0.3 is 0 Å². The van der Waals surface area contributed by atoms with E-state index in [4.69, 9.17) is 0 Å². The summed E-state index contributed by atoms with van der Waals surface area (Å²) in [6.07, 6.45) is 1.66. The zero-order valence-electron chi connectivity index (χ0n) is 9.55. The lowest BCUT2D eigenvalue weighted by Gasteiger charge is -2.13. The van der Waals surface area contributed by atoms with Crippen molar-refractivity contribution < 1.29 is 4.79 Å². The number of nitrogens with zero attached hydrogens (tertiary/aromatic N) is 2. The number of carbonyl (C=O) groups is 1. The van der Waals surface area contributed by atoms with Crippen LogP contribution in [-0.2, 0) is 5.54 Å². The van der Waals surface area contributed by atoms with Crippen LogP contribution in [0, 0.1) is 17.2 Å². The van der Waals surface area contributed by atoms with Crippen molar-refractivity contribution in [2.24, 2.45) is 5.92 Å². The van der Waals surface area contributed by atoms with Crippen LogP contribution in [0.2, 0.25) is 0 Å². The molecule has 0 spiro atoms. The Morgan fingerprint density at radius 2 is 2.24 bits per heavy atom. The second kappa shape index (κ2) is 3.21. The van der Waals surface area contributed by atoms with Crippen molar-refractivity contribution in [3.05, 3.63) is 36.0 Å². The van der Waals surface area contributed by atoms with E-state index in [0.29, 0.717) is 11.6 Å². The highest BCUT2D eigenvalue weighted by Crippen LogP contribution is 2.51. The van der Waals surface area contributed by atoms with Gasteiger partial charge in [-0.1, -0.05) is 25.1 Å². The second-order valence-corrected chi connectivity index (χ2v) is 4.72. The summed E-state index contributed by atoms with van der Waals surface area (Å²) < 4.78 is 1.90. The monoisotopic (exact) mass is 224 g/mol. The third-order valence-corrected chi connectivity index (χ3v) is 3.73. The molecule has 0 bridgehead atoms. The zero-order chi connectivity index (χ0) is 12.0. The summed E-state index contributed by atoms with van der Waals surface area (Å²) in [5.74, 6) is 0.307. The van der Waals surface area contributed by atoms with Gasteiger partial charge in [0.1, 0.15) is 5.54 Å². The molecule has 1 fully saturated rings. The number of rotatable bonds is 2. The Morgan fingerprint density at radius 1 is 1.53 bits per heavy atom. The Balaban J connectivity index is 2.35. The highest BCUT2D eigenvalue weighted by atomic mass is 16.1. The van der Waals surface area contributed by atoms with Crippen LogP contribution in [0.15, 0.2) is 30.3 Å². The van der Waals surface area contributed by atoms with E-state index in [9.17, 15) is 10.1 Å². The molecule has 2 aromatic rings. The Kier molecular flexibility index (Phi) is 1.90. The Hall–Kier alpha value is -2.08. The minimum Gasteiger partial charge on any atom is -0.319 e. The van der Waals surface area contributed by atoms with Gasteiger partial charge in [0.15, 0.2) is 6.29 Å². The molecular formula is C14H12N2O. The van der Waals surface area contributed by atoms with Crippen LogP contribution >= 0.6 is 0 Å². The molecule has 0 saturated heterocycles. The van der Waals surface area contributed by atoms with Gasteiger partial charge < -0.3 is 4.57 Å².